The quantitative estimate of drug-likeness (QED) is 0.146. The van der Waals surface area contributed by atoms with Gasteiger partial charge in [-0.2, -0.15) is 0 Å². The molecule has 1 aromatic carbocycles. The number of nitrogens with one attached hydrogen (secondary N) is 2. The molecular weight excluding hydrogens is 256 g/mol. The summed E-state index contributed by atoms with van der Waals surface area (Å²) in [5, 5.41) is 26.0. The Hall–Kier alpha value is -2.78. The zero-order chi connectivity index (χ0) is 14.8. The van der Waals surface area contributed by atoms with E-state index in [1.54, 1.807) is 10.9 Å². The van der Waals surface area contributed by atoms with Gasteiger partial charge in [0.05, 0.1) is 0 Å². The summed E-state index contributed by atoms with van der Waals surface area (Å²) in [6, 6.07) is 3.42. The highest BCUT2D eigenvalue weighted by Crippen LogP contribution is 2.23. The van der Waals surface area contributed by atoms with Crippen LogP contribution in [0, 0.1) is 0 Å². The van der Waals surface area contributed by atoms with Crippen LogP contribution in [0.5, 0.6) is 17.2 Å². The minimum atomic E-state index is -0.566. The minimum Gasteiger partial charge on any atom is -0.508 e. The summed E-state index contributed by atoms with van der Waals surface area (Å²) in [7, 11) is 0. The maximum atomic E-state index is 10.3. The van der Waals surface area contributed by atoms with Gasteiger partial charge in [-0.3, -0.25) is 20.4 Å². The summed E-state index contributed by atoms with van der Waals surface area (Å²) in [5.74, 6) is 7.80. The number of phenolic OH excluding ortho intramolecular Hbond substituents is 3. The van der Waals surface area contributed by atoms with Crippen molar-refractivity contribution in [1.29, 1.82) is 0 Å². The number of carbonyl (C=O) groups excluding carboxylic acids is 2. The summed E-state index contributed by atoms with van der Waals surface area (Å²) < 4.78 is 0. The smallest absolute Gasteiger partial charge is 0.258 e. The van der Waals surface area contributed by atoms with Crippen molar-refractivity contribution >= 4 is 11.8 Å². The maximum absolute atomic E-state index is 10.3. The van der Waals surface area contributed by atoms with Gasteiger partial charge in [0.15, 0.2) is 0 Å². The van der Waals surface area contributed by atoms with Crippen molar-refractivity contribution in [2.75, 3.05) is 0 Å². The van der Waals surface area contributed by atoms with Crippen molar-refractivity contribution in [3.05, 3.63) is 30.4 Å². The fraction of sp³-hybridized carbons (Fsp3) is 0. The molecule has 0 spiro atoms. The number of carbonyl (C=O) groups is 2. The Labute approximate surface area is 108 Å². The molecule has 9 N–H and O–H groups in total. The van der Waals surface area contributed by atoms with Gasteiger partial charge in [-0.15, -0.1) is 0 Å². The van der Waals surface area contributed by atoms with E-state index in [1.807, 2.05) is 0 Å². The molecule has 1 aromatic rings. The van der Waals surface area contributed by atoms with Crippen molar-refractivity contribution in [3.8, 4) is 17.2 Å². The number of phenols is 3. The van der Waals surface area contributed by atoms with E-state index < -0.39 is 11.8 Å². The van der Waals surface area contributed by atoms with Crippen LogP contribution in [0.4, 0.5) is 0 Å². The third kappa shape index (κ3) is 8.01. The fourth-order valence-corrected chi connectivity index (χ4v) is 0.827. The molecule has 104 valence electrons. The molecule has 0 aliphatic carbocycles. The predicted molar refractivity (Wildman–Crippen MR) is 65.2 cm³/mol. The molecule has 0 atom stereocenters. The lowest BCUT2D eigenvalue weighted by atomic mass is 10.3. The molecule has 19 heavy (non-hydrogen) atoms. The second-order valence-corrected chi connectivity index (χ2v) is 3.06. The van der Waals surface area contributed by atoms with E-state index in [1.165, 1.54) is 0 Å². The number of hydrogen-bond acceptors (Lipinski definition) is 7. The summed E-state index contributed by atoms with van der Waals surface area (Å²) in [6.45, 7) is 0. The average molecular weight is 270 g/mol. The Morgan fingerprint density at radius 1 is 0.842 bits per heavy atom. The van der Waals surface area contributed by atoms with Crippen LogP contribution in [0.25, 0.3) is 0 Å². The summed E-state index contributed by atoms with van der Waals surface area (Å²) in [6.07, 6.45) is 1.92. The fourth-order valence-electron chi connectivity index (χ4n) is 0.827. The maximum Gasteiger partial charge on any atom is 0.258 e. The first-order chi connectivity index (χ1) is 8.88. The normalized spacial score (nSPS) is 9.37. The highest BCUT2D eigenvalue weighted by Gasteiger charge is 1.94. The molecule has 9 nitrogen and oxygen atoms in total. The Balaban J connectivity index is 0.000000342. The van der Waals surface area contributed by atoms with Gasteiger partial charge in [-0.1, -0.05) is 0 Å². The van der Waals surface area contributed by atoms with Crippen molar-refractivity contribution < 1.29 is 24.9 Å². The van der Waals surface area contributed by atoms with Crippen molar-refractivity contribution in [2.45, 2.75) is 0 Å². The monoisotopic (exact) mass is 270 g/mol. The van der Waals surface area contributed by atoms with Crippen LogP contribution in [-0.2, 0) is 9.59 Å². The Kier molecular flexibility index (Phi) is 7.11. The zero-order valence-electron chi connectivity index (χ0n) is 9.70. The van der Waals surface area contributed by atoms with Gasteiger partial charge in [0.1, 0.15) is 17.2 Å². The first-order valence-electron chi connectivity index (χ1n) is 4.80. The van der Waals surface area contributed by atoms with E-state index in [0.29, 0.717) is 0 Å². The Bertz CT molecular complexity index is 407. The molecule has 0 aliphatic heterocycles. The molecule has 0 bridgehead atoms. The lowest BCUT2D eigenvalue weighted by Gasteiger charge is -1.94. The number of hydrogen-bond donors (Lipinski definition) is 7. The molecule has 0 radical (unpaired) electrons. The Morgan fingerprint density at radius 3 is 1.32 bits per heavy atom. The largest absolute Gasteiger partial charge is 0.508 e. The molecule has 9 heteroatoms. The molecular formula is C10H14N4O5. The minimum absolute atomic E-state index is 0.146. The van der Waals surface area contributed by atoms with Crippen LogP contribution >= 0.6 is 0 Å². The van der Waals surface area contributed by atoms with Crippen LogP contribution < -0.4 is 22.5 Å². The third-order valence-corrected chi connectivity index (χ3v) is 1.56. The van der Waals surface area contributed by atoms with Gasteiger partial charge in [-0.25, -0.2) is 11.7 Å². The second kappa shape index (κ2) is 8.33. The SMILES string of the molecule is NNC(=O)/C=C\C(=O)NN.Oc1cc(O)cc(O)c1. The van der Waals surface area contributed by atoms with Crippen LogP contribution in [0.1, 0.15) is 0 Å². The molecule has 0 saturated heterocycles. The number of aromatic hydroxyl groups is 3. The van der Waals surface area contributed by atoms with E-state index in [-0.39, 0.29) is 17.2 Å². The molecule has 0 fully saturated rings. The zero-order valence-corrected chi connectivity index (χ0v) is 9.70. The molecule has 0 aliphatic rings. The van der Waals surface area contributed by atoms with Gasteiger partial charge in [0.25, 0.3) is 11.8 Å². The second-order valence-electron chi connectivity index (χ2n) is 3.06. The summed E-state index contributed by atoms with van der Waals surface area (Å²) in [4.78, 5) is 20.6. The Morgan fingerprint density at radius 2 is 1.11 bits per heavy atom. The van der Waals surface area contributed by atoms with Crippen molar-refractivity contribution in [1.82, 2.24) is 10.9 Å². The first-order valence-corrected chi connectivity index (χ1v) is 4.80. The summed E-state index contributed by atoms with van der Waals surface area (Å²) in [5.41, 5.74) is 3.60. The lowest BCUT2D eigenvalue weighted by molar-refractivity contribution is -0.118. The van der Waals surface area contributed by atoms with Gasteiger partial charge in [0, 0.05) is 30.4 Å². The van der Waals surface area contributed by atoms with Crippen LogP contribution in [0.15, 0.2) is 30.4 Å². The predicted octanol–water partition coefficient (Wildman–Crippen LogP) is -1.67. The molecule has 0 saturated carbocycles. The number of hydrazine groups is 2. The van der Waals surface area contributed by atoms with E-state index in [0.717, 1.165) is 30.4 Å². The lowest BCUT2D eigenvalue weighted by Crippen LogP contribution is -2.30. The molecule has 2 amide bonds. The summed E-state index contributed by atoms with van der Waals surface area (Å²) >= 11 is 0. The number of benzene rings is 1. The van der Waals surface area contributed by atoms with E-state index in [9.17, 15) is 9.59 Å². The van der Waals surface area contributed by atoms with Crippen molar-refractivity contribution in [3.63, 3.8) is 0 Å². The van der Waals surface area contributed by atoms with Crippen LogP contribution in [0.3, 0.4) is 0 Å². The van der Waals surface area contributed by atoms with Gasteiger partial charge >= 0.3 is 0 Å². The topological polar surface area (TPSA) is 171 Å². The molecule has 1 rings (SSSR count). The number of nitrogens with two attached hydrogens (primary N) is 2. The van der Waals surface area contributed by atoms with Crippen LogP contribution in [0.2, 0.25) is 0 Å². The van der Waals surface area contributed by atoms with Crippen LogP contribution in [-0.4, -0.2) is 27.1 Å². The van der Waals surface area contributed by atoms with E-state index in [2.05, 4.69) is 11.7 Å². The van der Waals surface area contributed by atoms with Crippen molar-refractivity contribution in [2.24, 2.45) is 11.7 Å². The molecule has 0 aromatic heterocycles. The number of rotatable bonds is 2. The average Bonchev–Trinajstić information content (AvgIpc) is 2.34. The molecule has 0 unspecified atom stereocenters. The van der Waals surface area contributed by atoms with Gasteiger partial charge in [-0.05, 0) is 0 Å². The van der Waals surface area contributed by atoms with Gasteiger partial charge < -0.3 is 15.3 Å². The van der Waals surface area contributed by atoms with Gasteiger partial charge in [0.2, 0.25) is 0 Å². The highest BCUT2D eigenvalue weighted by molar-refractivity contribution is 5.96. The number of amides is 2. The van der Waals surface area contributed by atoms with E-state index in [4.69, 9.17) is 15.3 Å². The first kappa shape index (κ1) is 16.2. The standard InChI is InChI=1S/C6H6O3.C4H8N4O2/c7-4-1-5(8)3-6(9)2-4;5-7-3(9)1-2-4(10)8-6/h1-3,7-9H;1-2H,5-6H2,(H,7,9)(H,8,10)/b;2-1-. The third-order valence-electron chi connectivity index (χ3n) is 1.56. The highest BCUT2D eigenvalue weighted by atomic mass is 16.3. The molecule has 0 heterocycles. The van der Waals surface area contributed by atoms with E-state index >= 15 is 0 Å².